The maximum atomic E-state index is 12.7. The van der Waals surface area contributed by atoms with E-state index >= 15 is 0 Å². The average molecular weight is 210 g/mol. The lowest BCUT2D eigenvalue weighted by atomic mass is 9.92. The van der Waals surface area contributed by atoms with Gasteiger partial charge in [-0.15, -0.1) is 6.42 Å². The predicted molar refractivity (Wildman–Crippen MR) is 51.2 cm³/mol. The summed E-state index contributed by atoms with van der Waals surface area (Å²) < 4.78 is 38.0. The van der Waals surface area contributed by atoms with E-state index in [-0.39, 0.29) is 5.56 Å². The van der Waals surface area contributed by atoms with E-state index in [1.807, 2.05) is 0 Å². The summed E-state index contributed by atoms with van der Waals surface area (Å²) in [5.74, 6) is 2.48. The first kappa shape index (κ1) is 10.1. The number of benzene rings is 1. The van der Waals surface area contributed by atoms with Crippen molar-refractivity contribution in [3.8, 4) is 12.3 Å². The van der Waals surface area contributed by atoms with Gasteiger partial charge in [-0.25, -0.2) is 0 Å². The lowest BCUT2D eigenvalue weighted by Crippen LogP contribution is -2.14. The van der Waals surface area contributed by atoms with E-state index in [2.05, 4.69) is 5.92 Å². The van der Waals surface area contributed by atoms with Gasteiger partial charge < -0.3 is 0 Å². The largest absolute Gasteiger partial charge is 0.416 e. The van der Waals surface area contributed by atoms with Crippen LogP contribution in [0, 0.1) is 12.3 Å². The van der Waals surface area contributed by atoms with Gasteiger partial charge in [0.15, 0.2) is 0 Å². The van der Waals surface area contributed by atoms with Crippen molar-refractivity contribution in [3.05, 3.63) is 35.4 Å². The Morgan fingerprint density at radius 2 is 1.80 bits per heavy atom. The molecule has 0 nitrogen and oxygen atoms in total. The Kier molecular flexibility index (Phi) is 2.04. The molecule has 2 rings (SSSR count). The fraction of sp³-hybridized carbons (Fsp3) is 0.333. The third kappa shape index (κ3) is 1.61. The van der Waals surface area contributed by atoms with Crippen molar-refractivity contribution in [1.82, 2.24) is 0 Å². The van der Waals surface area contributed by atoms with Crippen molar-refractivity contribution in [3.63, 3.8) is 0 Å². The van der Waals surface area contributed by atoms with Crippen molar-refractivity contribution in [2.24, 2.45) is 0 Å². The molecule has 0 bridgehead atoms. The molecule has 0 unspecified atom stereocenters. The van der Waals surface area contributed by atoms with Crippen LogP contribution in [0.2, 0.25) is 0 Å². The smallest absolute Gasteiger partial charge is 0.166 e. The van der Waals surface area contributed by atoms with Crippen LogP contribution in [-0.4, -0.2) is 0 Å². The monoisotopic (exact) mass is 210 g/mol. The Labute approximate surface area is 86.1 Å². The van der Waals surface area contributed by atoms with Crippen LogP contribution in [0.25, 0.3) is 0 Å². The van der Waals surface area contributed by atoms with Crippen LogP contribution in [0.1, 0.15) is 24.0 Å². The number of halogens is 3. The van der Waals surface area contributed by atoms with Crippen LogP contribution in [0.3, 0.4) is 0 Å². The molecular weight excluding hydrogens is 201 g/mol. The number of rotatable bonds is 1. The zero-order valence-corrected chi connectivity index (χ0v) is 7.93. The molecule has 1 aliphatic carbocycles. The van der Waals surface area contributed by atoms with Crippen LogP contribution in [0.15, 0.2) is 24.3 Å². The van der Waals surface area contributed by atoms with E-state index in [4.69, 9.17) is 6.42 Å². The molecule has 1 fully saturated rings. The molecule has 1 aromatic rings. The summed E-state index contributed by atoms with van der Waals surface area (Å²) >= 11 is 0. The Morgan fingerprint density at radius 1 is 1.20 bits per heavy atom. The van der Waals surface area contributed by atoms with Gasteiger partial charge >= 0.3 is 6.18 Å². The maximum Gasteiger partial charge on any atom is 0.416 e. The second-order valence-electron chi connectivity index (χ2n) is 3.77. The topological polar surface area (TPSA) is 0 Å². The van der Waals surface area contributed by atoms with Gasteiger partial charge in [0, 0.05) is 0 Å². The van der Waals surface area contributed by atoms with Gasteiger partial charge in [0.2, 0.25) is 0 Å². The first-order valence-corrected chi connectivity index (χ1v) is 4.64. The number of terminal acetylenes is 1. The molecule has 0 saturated heterocycles. The predicted octanol–water partition coefficient (Wildman–Crippen LogP) is 3.37. The summed E-state index contributed by atoms with van der Waals surface area (Å²) in [5, 5.41) is 0. The Bertz CT molecular complexity index is 419. The van der Waals surface area contributed by atoms with Crippen molar-refractivity contribution < 1.29 is 13.2 Å². The highest BCUT2D eigenvalue weighted by Crippen LogP contribution is 2.51. The van der Waals surface area contributed by atoms with Crippen LogP contribution in [-0.2, 0) is 11.6 Å². The Morgan fingerprint density at radius 3 is 2.27 bits per heavy atom. The van der Waals surface area contributed by atoms with Gasteiger partial charge in [0.25, 0.3) is 0 Å². The summed E-state index contributed by atoms with van der Waals surface area (Å²) in [6.07, 6.45) is 2.28. The normalized spacial score (nSPS) is 18.3. The fourth-order valence-corrected chi connectivity index (χ4v) is 1.76. The highest BCUT2D eigenvalue weighted by atomic mass is 19.4. The van der Waals surface area contributed by atoms with E-state index < -0.39 is 17.2 Å². The van der Waals surface area contributed by atoms with Gasteiger partial charge in [-0.05, 0) is 24.5 Å². The maximum absolute atomic E-state index is 12.7. The van der Waals surface area contributed by atoms with Gasteiger partial charge in [0.1, 0.15) is 0 Å². The quantitative estimate of drug-likeness (QED) is 0.623. The summed E-state index contributed by atoms with van der Waals surface area (Å²) in [7, 11) is 0. The summed E-state index contributed by atoms with van der Waals surface area (Å²) in [6, 6.07) is 5.56. The molecular formula is C12H9F3. The molecule has 78 valence electrons. The summed E-state index contributed by atoms with van der Waals surface area (Å²) in [5.41, 5.74) is -1.01. The second kappa shape index (κ2) is 3.03. The SMILES string of the molecule is C#CC1(c2ccccc2C(F)(F)F)CC1. The molecule has 0 radical (unpaired) electrons. The zero-order valence-electron chi connectivity index (χ0n) is 7.93. The third-order valence-corrected chi connectivity index (χ3v) is 2.77. The van der Waals surface area contributed by atoms with E-state index in [0.717, 1.165) is 6.07 Å². The fourth-order valence-electron chi connectivity index (χ4n) is 1.76. The van der Waals surface area contributed by atoms with Crippen molar-refractivity contribution in [2.75, 3.05) is 0 Å². The molecule has 0 heterocycles. The van der Waals surface area contributed by atoms with Gasteiger partial charge in [-0.3, -0.25) is 0 Å². The third-order valence-electron chi connectivity index (χ3n) is 2.77. The molecule has 0 N–H and O–H groups in total. The van der Waals surface area contributed by atoms with E-state index in [1.54, 1.807) is 6.07 Å². The van der Waals surface area contributed by atoms with Crippen molar-refractivity contribution in [2.45, 2.75) is 24.4 Å². The van der Waals surface area contributed by atoms with Crippen LogP contribution < -0.4 is 0 Å². The number of hydrogen-bond donors (Lipinski definition) is 0. The molecule has 0 spiro atoms. The van der Waals surface area contributed by atoms with Gasteiger partial charge in [-0.2, -0.15) is 13.2 Å². The molecule has 0 atom stereocenters. The minimum Gasteiger partial charge on any atom is -0.166 e. The molecule has 3 heteroatoms. The molecule has 0 aromatic heterocycles. The van der Waals surface area contributed by atoms with Crippen LogP contribution in [0.4, 0.5) is 13.2 Å². The summed E-state index contributed by atoms with van der Waals surface area (Å²) in [6.45, 7) is 0. The minimum absolute atomic E-state index is 0.250. The lowest BCUT2D eigenvalue weighted by molar-refractivity contribution is -0.138. The zero-order chi connectivity index (χ0) is 11.1. The first-order chi connectivity index (χ1) is 6.99. The molecule has 1 saturated carbocycles. The highest BCUT2D eigenvalue weighted by molar-refractivity contribution is 5.46. The van der Waals surface area contributed by atoms with Crippen LogP contribution >= 0.6 is 0 Å². The molecule has 1 aliphatic rings. The molecule has 0 amide bonds. The van der Waals surface area contributed by atoms with Crippen LogP contribution in [0.5, 0.6) is 0 Å². The second-order valence-corrected chi connectivity index (χ2v) is 3.77. The van der Waals surface area contributed by atoms with Crippen molar-refractivity contribution in [1.29, 1.82) is 0 Å². The Balaban J connectivity index is 2.54. The molecule has 15 heavy (non-hydrogen) atoms. The van der Waals surface area contributed by atoms with Gasteiger partial charge in [-0.1, -0.05) is 24.1 Å². The lowest BCUT2D eigenvalue weighted by Gasteiger charge is -2.16. The van der Waals surface area contributed by atoms with Gasteiger partial charge in [0.05, 0.1) is 11.0 Å². The van der Waals surface area contributed by atoms with Crippen molar-refractivity contribution >= 4 is 0 Å². The van der Waals surface area contributed by atoms with E-state index in [0.29, 0.717) is 12.8 Å². The van der Waals surface area contributed by atoms with E-state index in [1.165, 1.54) is 12.1 Å². The minimum atomic E-state index is -4.32. The van der Waals surface area contributed by atoms with E-state index in [9.17, 15) is 13.2 Å². The standard InChI is InChI=1S/C12H9F3/c1-2-11(7-8-11)9-5-3-4-6-10(9)12(13,14)15/h1,3-6H,7-8H2. The first-order valence-electron chi connectivity index (χ1n) is 4.64. The highest BCUT2D eigenvalue weighted by Gasteiger charge is 2.47. The summed E-state index contributed by atoms with van der Waals surface area (Å²) in [4.78, 5) is 0. The Hall–Kier alpha value is -1.43. The molecule has 1 aromatic carbocycles. The number of alkyl halides is 3. The molecule has 0 aliphatic heterocycles. The number of hydrogen-bond acceptors (Lipinski definition) is 0. The average Bonchev–Trinajstić information content (AvgIpc) is 2.97.